The highest BCUT2D eigenvalue weighted by molar-refractivity contribution is 5.89. The molecule has 6 nitrogen and oxygen atoms in total. The van der Waals surface area contributed by atoms with Crippen molar-refractivity contribution in [1.82, 2.24) is 4.90 Å². The van der Waals surface area contributed by atoms with Crippen LogP contribution in [0.4, 0.5) is 10.5 Å². The van der Waals surface area contributed by atoms with Crippen molar-refractivity contribution in [2.75, 3.05) is 25.5 Å². The molecule has 0 saturated carbocycles. The molecule has 1 aromatic carbocycles. The summed E-state index contributed by atoms with van der Waals surface area (Å²) >= 11 is 0. The standard InChI is InChI=1S/C15H20N2O4/c1-21-13-6-3-7-17(10-13)15(20)16-12-5-2-4-11(8-12)9-14(18)19/h2,4-5,8,13H,3,6-7,9-10H2,1H3,(H,16,20)(H,18,19). The van der Waals surface area contributed by atoms with Crippen LogP contribution in [0.2, 0.25) is 0 Å². The molecule has 114 valence electrons. The van der Waals surface area contributed by atoms with Gasteiger partial charge in [-0.3, -0.25) is 4.79 Å². The van der Waals surface area contributed by atoms with Gasteiger partial charge in [0.15, 0.2) is 0 Å². The number of carboxylic acid groups (broad SMARTS) is 1. The zero-order valence-corrected chi connectivity index (χ0v) is 12.0. The van der Waals surface area contributed by atoms with Crippen LogP contribution in [-0.2, 0) is 16.0 Å². The molecule has 6 heteroatoms. The van der Waals surface area contributed by atoms with E-state index in [1.165, 1.54) is 0 Å². The molecular weight excluding hydrogens is 272 g/mol. The number of carbonyl (C=O) groups excluding carboxylic acids is 1. The number of benzene rings is 1. The maximum Gasteiger partial charge on any atom is 0.321 e. The molecule has 2 rings (SSSR count). The minimum Gasteiger partial charge on any atom is -0.481 e. The number of piperidine rings is 1. The van der Waals surface area contributed by atoms with Gasteiger partial charge in [0.1, 0.15) is 0 Å². The number of hydrogen-bond donors (Lipinski definition) is 2. The monoisotopic (exact) mass is 292 g/mol. The number of rotatable bonds is 4. The van der Waals surface area contributed by atoms with Gasteiger partial charge in [-0.1, -0.05) is 12.1 Å². The summed E-state index contributed by atoms with van der Waals surface area (Å²) in [5, 5.41) is 11.6. The number of nitrogens with zero attached hydrogens (tertiary/aromatic N) is 1. The zero-order chi connectivity index (χ0) is 15.2. The van der Waals surface area contributed by atoms with Crippen molar-refractivity contribution < 1.29 is 19.4 Å². The Hall–Kier alpha value is -2.08. The summed E-state index contributed by atoms with van der Waals surface area (Å²) in [6.07, 6.45) is 1.92. The summed E-state index contributed by atoms with van der Waals surface area (Å²) in [5.41, 5.74) is 1.27. The number of amides is 2. The van der Waals surface area contributed by atoms with E-state index in [4.69, 9.17) is 9.84 Å². The summed E-state index contributed by atoms with van der Waals surface area (Å²) in [4.78, 5) is 24.6. The SMILES string of the molecule is COC1CCCN(C(=O)Nc2cccc(CC(=O)O)c2)C1. The number of carboxylic acids is 1. The fraction of sp³-hybridized carbons (Fsp3) is 0.467. The minimum atomic E-state index is -0.891. The number of likely N-dealkylation sites (tertiary alicyclic amines) is 1. The molecule has 21 heavy (non-hydrogen) atoms. The van der Waals surface area contributed by atoms with Crippen LogP contribution >= 0.6 is 0 Å². The zero-order valence-electron chi connectivity index (χ0n) is 12.0. The lowest BCUT2D eigenvalue weighted by molar-refractivity contribution is -0.136. The number of ether oxygens (including phenoxy) is 1. The van der Waals surface area contributed by atoms with Gasteiger partial charge in [-0.05, 0) is 30.5 Å². The fourth-order valence-electron chi connectivity index (χ4n) is 2.45. The molecule has 1 heterocycles. The lowest BCUT2D eigenvalue weighted by Crippen LogP contribution is -2.44. The number of carbonyl (C=O) groups is 2. The van der Waals surface area contributed by atoms with Crippen LogP contribution in [0.5, 0.6) is 0 Å². The summed E-state index contributed by atoms with van der Waals surface area (Å²) in [7, 11) is 1.65. The molecule has 0 aromatic heterocycles. The van der Waals surface area contributed by atoms with Crippen molar-refractivity contribution in [3.05, 3.63) is 29.8 Å². The second kappa shape index (κ2) is 7.08. The largest absolute Gasteiger partial charge is 0.481 e. The summed E-state index contributed by atoms with van der Waals surface area (Å²) in [5.74, 6) is -0.891. The van der Waals surface area contributed by atoms with Gasteiger partial charge in [0.05, 0.1) is 12.5 Å². The molecule has 1 aromatic rings. The molecule has 1 fully saturated rings. The third-order valence-corrected chi connectivity index (χ3v) is 3.53. The van der Waals surface area contributed by atoms with Crippen LogP contribution in [0.1, 0.15) is 18.4 Å². The lowest BCUT2D eigenvalue weighted by Gasteiger charge is -2.31. The highest BCUT2D eigenvalue weighted by Gasteiger charge is 2.23. The van der Waals surface area contributed by atoms with Gasteiger partial charge >= 0.3 is 12.0 Å². The Labute approximate surface area is 123 Å². The van der Waals surface area contributed by atoms with E-state index in [2.05, 4.69) is 5.32 Å². The van der Waals surface area contributed by atoms with E-state index < -0.39 is 5.97 Å². The van der Waals surface area contributed by atoms with Crippen LogP contribution in [-0.4, -0.2) is 48.3 Å². The molecule has 1 unspecified atom stereocenters. The summed E-state index contributed by atoms with van der Waals surface area (Å²) in [6.45, 7) is 1.29. The Morgan fingerprint density at radius 2 is 2.29 bits per heavy atom. The molecule has 1 aliphatic rings. The molecule has 1 atom stereocenters. The second-order valence-electron chi connectivity index (χ2n) is 5.15. The van der Waals surface area contributed by atoms with E-state index in [0.717, 1.165) is 12.8 Å². The quantitative estimate of drug-likeness (QED) is 0.889. The van der Waals surface area contributed by atoms with Crippen molar-refractivity contribution in [1.29, 1.82) is 0 Å². The van der Waals surface area contributed by atoms with E-state index in [1.54, 1.807) is 36.3 Å². The van der Waals surface area contributed by atoms with E-state index >= 15 is 0 Å². The second-order valence-corrected chi connectivity index (χ2v) is 5.15. The van der Waals surface area contributed by atoms with Gasteiger partial charge in [-0.25, -0.2) is 4.79 Å². The minimum absolute atomic E-state index is 0.0564. The first kappa shape index (κ1) is 15.3. The normalized spacial score (nSPS) is 18.3. The molecule has 0 radical (unpaired) electrons. The van der Waals surface area contributed by atoms with E-state index in [1.807, 2.05) is 0 Å². The average molecular weight is 292 g/mol. The van der Waals surface area contributed by atoms with Gasteiger partial charge < -0.3 is 20.1 Å². The number of anilines is 1. The first-order valence-corrected chi connectivity index (χ1v) is 6.98. The molecule has 2 N–H and O–H groups in total. The smallest absolute Gasteiger partial charge is 0.321 e. The average Bonchev–Trinajstić information content (AvgIpc) is 2.47. The Balaban J connectivity index is 1.97. The first-order valence-electron chi connectivity index (χ1n) is 6.98. The molecular formula is C15H20N2O4. The van der Waals surface area contributed by atoms with Gasteiger partial charge in [-0.15, -0.1) is 0 Å². The van der Waals surface area contributed by atoms with Crippen LogP contribution in [0, 0.1) is 0 Å². The van der Waals surface area contributed by atoms with Gasteiger partial charge in [0.2, 0.25) is 0 Å². The third-order valence-electron chi connectivity index (χ3n) is 3.53. The molecule has 1 aliphatic heterocycles. The van der Waals surface area contributed by atoms with E-state index in [0.29, 0.717) is 24.3 Å². The number of methoxy groups -OCH3 is 1. The van der Waals surface area contributed by atoms with Crippen LogP contribution in [0.3, 0.4) is 0 Å². The number of hydrogen-bond acceptors (Lipinski definition) is 3. The molecule has 2 amide bonds. The maximum absolute atomic E-state index is 12.2. The predicted octanol–water partition coefficient (Wildman–Crippen LogP) is 1.96. The molecule has 1 saturated heterocycles. The highest BCUT2D eigenvalue weighted by Crippen LogP contribution is 2.16. The Kier molecular flexibility index (Phi) is 5.16. The van der Waals surface area contributed by atoms with Crippen LogP contribution in [0.15, 0.2) is 24.3 Å². The fourth-order valence-corrected chi connectivity index (χ4v) is 2.45. The van der Waals surface area contributed by atoms with Crippen LogP contribution in [0.25, 0.3) is 0 Å². The first-order chi connectivity index (χ1) is 10.1. The topological polar surface area (TPSA) is 78.9 Å². The van der Waals surface area contributed by atoms with E-state index in [-0.39, 0.29) is 18.6 Å². The number of nitrogens with one attached hydrogen (secondary N) is 1. The summed E-state index contributed by atoms with van der Waals surface area (Å²) in [6, 6.07) is 6.72. The Morgan fingerprint density at radius 3 is 3.00 bits per heavy atom. The highest BCUT2D eigenvalue weighted by atomic mass is 16.5. The predicted molar refractivity (Wildman–Crippen MR) is 78.4 cm³/mol. The number of aliphatic carboxylic acids is 1. The van der Waals surface area contributed by atoms with Crippen molar-refractivity contribution >= 4 is 17.7 Å². The van der Waals surface area contributed by atoms with Crippen molar-refractivity contribution in [2.24, 2.45) is 0 Å². The Morgan fingerprint density at radius 1 is 1.48 bits per heavy atom. The molecule has 0 spiro atoms. The van der Waals surface area contributed by atoms with Crippen LogP contribution < -0.4 is 5.32 Å². The van der Waals surface area contributed by atoms with Gasteiger partial charge in [0, 0.05) is 25.9 Å². The molecule has 0 aliphatic carbocycles. The van der Waals surface area contributed by atoms with Crippen molar-refractivity contribution in [3.63, 3.8) is 0 Å². The van der Waals surface area contributed by atoms with Crippen molar-refractivity contribution in [3.8, 4) is 0 Å². The van der Waals surface area contributed by atoms with E-state index in [9.17, 15) is 9.59 Å². The lowest BCUT2D eigenvalue weighted by atomic mass is 10.1. The van der Waals surface area contributed by atoms with Gasteiger partial charge in [0.25, 0.3) is 0 Å². The molecule has 0 bridgehead atoms. The maximum atomic E-state index is 12.2. The van der Waals surface area contributed by atoms with Gasteiger partial charge in [-0.2, -0.15) is 0 Å². The van der Waals surface area contributed by atoms with Crippen molar-refractivity contribution in [2.45, 2.75) is 25.4 Å². The number of urea groups is 1. The Bertz CT molecular complexity index is 518. The summed E-state index contributed by atoms with van der Waals surface area (Å²) < 4.78 is 5.30. The third kappa shape index (κ3) is 4.46.